The van der Waals surface area contributed by atoms with E-state index >= 15 is 0 Å². The lowest BCUT2D eigenvalue weighted by Gasteiger charge is -2.33. The highest BCUT2D eigenvalue weighted by molar-refractivity contribution is 5.76. The minimum absolute atomic E-state index is 0.136. The fourth-order valence-corrected chi connectivity index (χ4v) is 3.72. The summed E-state index contributed by atoms with van der Waals surface area (Å²) in [7, 11) is 3.19. The van der Waals surface area contributed by atoms with Crippen molar-refractivity contribution < 1.29 is 22.6 Å². The zero-order chi connectivity index (χ0) is 20.6. The van der Waals surface area contributed by atoms with Gasteiger partial charge in [0.2, 0.25) is 0 Å². The maximum atomic E-state index is 13.3. The molecule has 1 fully saturated rings. The second-order valence-electron chi connectivity index (χ2n) is 7.23. The van der Waals surface area contributed by atoms with Crippen molar-refractivity contribution in [1.29, 1.82) is 0 Å². The van der Waals surface area contributed by atoms with Gasteiger partial charge in [0.25, 0.3) is 0 Å². The number of benzene rings is 2. The molecule has 1 atom stereocenters. The molecule has 0 radical (unpaired) electrons. The van der Waals surface area contributed by atoms with Gasteiger partial charge in [-0.15, -0.1) is 0 Å². The first-order valence-electron chi connectivity index (χ1n) is 9.34. The van der Waals surface area contributed by atoms with Crippen molar-refractivity contribution in [2.75, 3.05) is 26.8 Å². The summed E-state index contributed by atoms with van der Waals surface area (Å²) in [6, 6.07) is 10.3. The fraction of sp³-hybridized carbons (Fsp3) is 0.381. The van der Waals surface area contributed by atoms with Crippen LogP contribution in [-0.2, 0) is 24.5 Å². The molecule has 0 saturated carbocycles. The summed E-state index contributed by atoms with van der Waals surface area (Å²) < 4.78 is 52.6. The molecule has 2 aromatic carbocycles. The van der Waals surface area contributed by atoms with E-state index in [1.54, 1.807) is 12.4 Å². The standard InChI is InChI=1S/C21H22F3N3O2/c1-26-13-25-17-5-4-15(10-18(17)26)20-12-27(7-8-29-20)11-14-3-6-19(28-2)16(9-14)21(22,23)24/h3-6,9-10,13,20H,7-8,11-12H2,1-2H3/t20-/m1/s1. The largest absolute Gasteiger partial charge is 0.496 e. The Morgan fingerprint density at radius 3 is 2.79 bits per heavy atom. The highest BCUT2D eigenvalue weighted by Crippen LogP contribution is 2.37. The topological polar surface area (TPSA) is 39.5 Å². The van der Waals surface area contributed by atoms with E-state index < -0.39 is 11.7 Å². The van der Waals surface area contributed by atoms with Crippen LogP contribution in [0.25, 0.3) is 11.0 Å². The zero-order valence-electron chi connectivity index (χ0n) is 16.2. The molecular weight excluding hydrogens is 383 g/mol. The number of hydrogen-bond donors (Lipinski definition) is 0. The molecule has 1 saturated heterocycles. The third-order valence-corrected chi connectivity index (χ3v) is 5.25. The van der Waals surface area contributed by atoms with Gasteiger partial charge in [0, 0.05) is 26.7 Å². The molecule has 1 aliphatic rings. The predicted octanol–water partition coefficient (Wildman–Crippen LogP) is 4.17. The number of imidazole rings is 1. The zero-order valence-corrected chi connectivity index (χ0v) is 16.2. The number of hydrogen-bond acceptors (Lipinski definition) is 4. The molecule has 0 unspecified atom stereocenters. The summed E-state index contributed by atoms with van der Waals surface area (Å²) in [6.45, 7) is 2.21. The van der Waals surface area contributed by atoms with Gasteiger partial charge in [-0.3, -0.25) is 4.90 Å². The Balaban J connectivity index is 1.52. The molecule has 154 valence electrons. The summed E-state index contributed by atoms with van der Waals surface area (Å²) in [5, 5.41) is 0. The summed E-state index contributed by atoms with van der Waals surface area (Å²) in [6.07, 6.45) is -2.82. The van der Waals surface area contributed by atoms with Crippen LogP contribution in [0.5, 0.6) is 5.75 Å². The van der Waals surface area contributed by atoms with Crippen LogP contribution in [0.4, 0.5) is 13.2 Å². The molecule has 5 nitrogen and oxygen atoms in total. The van der Waals surface area contributed by atoms with Gasteiger partial charge in [0.1, 0.15) is 5.75 Å². The van der Waals surface area contributed by atoms with E-state index in [-0.39, 0.29) is 11.9 Å². The molecule has 29 heavy (non-hydrogen) atoms. The minimum Gasteiger partial charge on any atom is -0.496 e. The number of ether oxygens (including phenoxy) is 2. The molecule has 3 aromatic rings. The molecule has 0 aliphatic carbocycles. The summed E-state index contributed by atoms with van der Waals surface area (Å²) in [5.74, 6) is -0.161. The van der Waals surface area contributed by atoms with Gasteiger partial charge in [0.15, 0.2) is 0 Å². The van der Waals surface area contributed by atoms with Crippen molar-refractivity contribution in [1.82, 2.24) is 14.5 Å². The predicted molar refractivity (Wildman–Crippen MR) is 103 cm³/mol. The number of methoxy groups -OCH3 is 1. The SMILES string of the molecule is COc1ccc(CN2CCO[C@@H](c3ccc4ncn(C)c4c3)C2)cc1C(F)(F)F. The van der Waals surface area contributed by atoms with E-state index in [1.165, 1.54) is 19.2 Å². The van der Waals surface area contributed by atoms with Gasteiger partial charge in [-0.05, 0) is 35.4 Å². The van der Waals surface area contributed by atoms with E-state index in [4.69, 9.17) is 9.47 Å². The molecule has 0 N–H and O–H groups in total. The molecular formula is C21H22F3N3O2. The van der Waals surface area contributed by atoms with Crippen molar-refractivity contribution in [2.45, 2.75) is 18.8 Å². The number of morpholine rings is 1. The van der Waals surface area contributed by atoms with Crippen LogP contribution < -0.4 is 4.74 Å². The lowest BCUT2D eigenvalue weighted by molar-refractivity contribution is -0.138. The van der Waals surface area contributed by atoms with E-state index in [9.17, 15) is 13.2 Å². The van der Waals surface area contributed by atoms with Crippen molar-refractivity contribution in [3.63, 3.8) is 0 Å². The highest BCUT2D eigenvalue weighted by Gasteiger charge is 2.34. The quantitative estimate of drug-likeness (QED) is 0.653. The first kappa shape index (κ1) is 19.7. The average Bonchev–Trinajstić information content (AvgIpc) is 3.08. The Labute approximate surface area is 166 Å². The first-order chi connectivity index (χ1) is 13.8. The Morgan fingerprint density at radius 1 is 1.21 bits per heavy atom. The number of alkyl halides is 3. The van der Waals surface area contributed by atoms with Crippen LogP contribution in [0.15, 0.2) is 42.7 Å². The van der Waals surface area contributed by atoms with Crippen molar-refractivity contribution in [3.05, 3.63) is 59.4 Å². The van der Waals surface area contributed by atoms with Gasteiger partial charge in [-0.2, -0.15) is 13.2 Å². The van der Waals surface area contributed by atoms with E-state index in [1.807, 2.05) is 23.7 Å². The summed E-state index contributed by atoms with van der Waals surface area (Å²) >= 11 is 0. The average molecular weight is 405 g/mol. The fourth-order valence-electron chi connectivity index (χ4n) is 3.72. The minimum atomic E-state index is -4.45. The molecule has 0 spiro atoms. The molecule has 1 aliphatic heterocycles. The number of rotatable bonds is 4. The number of fused-ring (bicyclic) bond motifs is 1. The van der Waals surface area contributed by atoms with E-state index in [0.29, 0.717) is 31.8 Å². The molecule has 2 heterocycles. The van der Waals surface area contributed by atoms with Gasteiger partial charge in [0.05, 0.1) is 42.7 Å². The van der Waals surface area contributed by atoms with Crippen LogP contribution in [0.2, 0.25) is 0 Å². The Kier molecular flexibility index (Phi) is 5.23. The van der Waals surface area contributed by atoms with E-state index in [2.05, 4.69) is 16.0 Å². The van der Waals surface area contributed by atoms with Gasteiger partial charge in [-0.25, -0.2) is 4.98 Å². The number of aromatic nitrogens is 2. The van der Waals surface area contributed by atoms with Crippen molar-refractivity contribution in [3.8, 4) is 5.75 Å². The molecule has 0 bridgehead atoms. The lowest BCUT2D eigenvalue weighted by Crippen LogP contribution is -2.37. The molecule has 1 aromatic heterocycles. The Hall–Kier alpha value is -2.58. The van der Waals surface area contributed by atoms with Crippen LogP contribution >= 0.6 is 0 Å². The van der Waals surface area contributed by atoms with Crippen LogP contribution in [-0.4, -0.2) is 41.3 Å². The Morgan fingerprint density at radius 2 is 2.03 bits per heavy atom. The van der Waals surface area contributed by atoms with Crippen LogP contribution in [0, 0.1) is 0 Å². The molecule has 4 rings (SSSR count). The molecule has 0 amide bonds. The normalized spacial score (nSPS) is 18.3. The third-order valence-electron chi connectivity index (χ3n) is 5.25. The number of nitrogens with zero attached hydrogens (tertiary/aromatic N) is 3. The Bertz CT molecular complexity index is 1020. The number of aryl methyl sites for hydroxylation is 1. The molecule has 8 heteroatoms. The maximum Gasteiger partial charge on any atom is 0.419 e. The summed E-state index contributed by atoms with van der Waals surface area (Å²) in [4.78, 5) is 6.44. The second-order valence-corrected chi connectivity index (χ2v) is 7.23. The van der Waals surface area contributed by atoms with Gasteiger partial charge < -0.3 is 14.0 Å². The van der Waals surface area contributed by atoms with Crippen LogP contribution in [0.3, 0.4) is 0 Å². The van der Waals surface area contributed by atoms with E-state index in [0.717, 1.165) is 16.6 Å². The third kappa shape index (κ3) is 4.09. The van der Waals surface area contributed by atoms with Gasteiger partial charge >= 0.3 is 6.18 Å². The first-order valence-corrected chi connectivity index (χ1v) is 9.34. The van der Waals surface area contributed by atoms with Crippen molar-refractivity contribution >= 4 is 11.0 Å². The van der Waals surface area contributed by atoms with Crippen molar-refractivity contribution in [2.24, 2.45) is 7.05 Å². The second kappa shape index (κ2) is 7.68. The smallest absolute Gasteiger partial charge is 0.419 e. The maximum absolute atomic E-state index is 13.3. The number of halogens is 3. The lowest BCUT2D eigenvalue weighted by atomic mass is 10.1. The summed E-state index contributed by atoms with van der Waals surface area (Å²) in [5.41, 5.74) is 2.83. The van der Waals surface area contributed by atoms with Gasteiger partial charge in [-0.1, -0.05) is 12.1 Å². The highest BCUT2D eigenvalue weighted by atomic mass is 19.4. The van der Waals surface area contributed by atoms with Crippen LogP contribution in [0.1, 0.15) is 22.8 Å². The monoisotopic (exact) mass is 405 g/mol.